The molecule has 0 spiro atoms. The summed E-state index contributed by atoms with van der Waals surface area (Å²) in [6, 6.07) is 7.30. The number of nitrogens with zero attached hydrogens (tertiary/aromatic N) is 6. The van der Waals surface area contributed by atoms with Crippen molar-refractivity contribution in [3.05, 3.63) is 47.1 Å². The molecular weight excluding hydrogens is 382 g/mol. The van der Waals surface area contributed by atoms with Crippen molar-refractivity contribution in [2.75, 3.05) is 0 Å². The summed E-state index contributed by atoms with van der Waals surface area (Å²) >= 11 is 0. The Morgan fingerprint density at radius 2 is 1.93 bits per heavy atom. The highest BCUT2D eigenvalue weighted by molar-refractivity contribution is 5.81. The topological polar surface area (TPSA) is 108 Å². The van der Waals surface area contributed by atoms with E-state index in [1.54, 1.807) is 17.1 Å². The van der Waals surface area contributed by atoms with Gasteiger partial charge in [0.05, 0.1) is 17.1 Å². The van der Waals surface area contributed by atoms with Crippen molar-refractivity contribution in [3.8, 4) is 0 Å². The lowest BCUT2D eigenvalue weighted by atomic mass is 9.50. The van der Waals surface area contributed by atoms with Crippen molar-refractivity contribution >= 4 is 16.7 Å². The molecule has 9 nitrogen and oxygen atoms in total. The molecule has 2 heterocycles. The molecule has 4 aliphatic carbocycles. The number of hydrogen-bond donors (Lipinski definition) is 1. The zero-order valence-corrected chi connectivity index (χ0v) is 16.6. The highest BCUT2D eigenvalue weighted by atomic mass is 16.2. The van der Waals surface area contributed by atoms with Crippen LogP contribution in [0.15, 0.2) is 41.6 Å². The molecule has 1 amide bonds. The molecule has 0 saturated heterocycles. The lowest BCUT2D eigenvalue weighted by molar-refractivity contribution is -0.132. The Morgan fingerprint density at radius 1 is 1.13 bits per heavy atom. The van der Waals surface area contributed by atoms with Crippen LogP contribution in [0.1, 0.15) is 38.5 Å². The van der Waals surface area contributed by atoms with Crippen molar-refractivity contribution in [1.29, 1.82) is 0 Å². The van der Waals surface area contributed by atoms with Crippen LogP contribution in [0.25, 0.3) is 10.8 Å². The van der Waals surface area contributed by atoms with Crippen LogP contribution in [0, 0.1) is 11.8 Å². The summed E-state index contributed by atoms with van der Waals surface area (Å²) in [5.74, 6) is 0.946. The number of tetrazole rings is 1. The minimum Gasteiger partial charge on any atom is -0.349 e. The molecular formula is C21H23N7O2. The van der Waals surface area contributed by atoms with E-state index in [2.05, 4.69) is 25.8 Å². The van der Waals surface area contributed by atoms with Crippen molar-refractivity contribution in [2.45, 2.75) is 56.1 Å². The van der Waals surface area contributed by atoms with E-state index in [4.69, 9.17) is 0 Å². The van der Waals surface area contributed by atoms with E-state index in [1.807, 2.05) is 18.2 Å². The van der Waals surface area contributed by atoms with Crippen LogP contribution in [0.5, 0.6) is 0 Å². The second kappa shape index (κ2) is 6.20. The quantitative estimate of drug-likeness (QED) is 0.700. The Balaban J connectivity index is 1.26. The molecule has 4 aliphatic rings. The first-order valence-corrected chi connectivity index (χ1v) is 10.5. The van der Waals surface area contributed by atoms with E-state index in [1.165, 1.54) is 17.4 Å². The minimum atomic E-state index is -0.269. The predicted molar refractivity (Wildman–Crippen MR) is 107 cm³/mol. The largest absolute Gasteiger partial charge is 0.349 e. The molecule has 30 heavy (non-hydrogen) atoms. The van der Waals surface area contributed by atoms with Gasteiger partial charge in [-0.05, 0) is 61.6 Å². The van der Waals surface area contributed by atoms with E-state index >= 15 is 0 Å². The van der Waals surface area contributed by atoms with Crippen LogP contribution in [0.4, 0.5) is 0 Å². The molecule has 7 rings (SSSR count). The second-order valence-corrected chi connectivity index (χ2v) is 9.43. The standard InChI is InChI=1S/C21H23N7O2/c29-18(11-27-19(30)17-4-2-1-3-16(17)10-23-27)25-20-6-14-5-15(7-20)9-21(8-14,12-20)28-24-13-22-26-28/h1-4,10,13-15H,5-9,11-12H2,(H,25,29). The molecule has 4 fully saturated rings. The Morgan fingerprint density at radius 3 is 2.70 bits per heavy atom. The summed E-state index contributed by atoms with van der Waals surface area (Å²) in [6.07, 6.45) is 9.19. The van der Waals surface area contributed by atoms with E-state index in [0.717, 1.165) is 37.5 Å². The zero-order valence-electron chi connectivity index (χ0n) is 16.6. The van der Waals surface area contributed by atoms with Gasteiger partial charge in [-0.2, -0.15) is 9.90 Å². The molecule has 3 aromatic rings. The van der Waals surface area contributed by atoms with E-state index in [9.17, 15) is 9.59 Å². The Hall–Kier alpha value is -3.10. The first kappa shape index (κ1) is 17.7. The van der Waals surface area contributed by atoms with Crippen LogP contribution >= 0.6 is 0 Å². The molecule has 1 aromatic carbocycles. The van der Waals surface area contributed by atoms with Gasteiger partial charge in [0.25, 0.3) is 5.56 Å². The number of amides is 1. The fraction of sp³-hybridized carbons (Fsp3) is 0.524. The van der Waals surface area contributed by atoms with E-state index < -0.39 is 0 Å². The van der Waals surface area contributed by atoms with E-state index in [-0.39, 0.29) is 29.1 Å². The average molecular weight is 405 g/mol. The highest BCUT2D eigenvalue weighted by Gasteiger charge is 2.60. The summed E-state index contributed by atoms with van der Waals surface area (Å²) < 4.78 is 1.26. The minimum absolute atomic E-state index is 0.0741. The summed E-state index contributed by atoms with van der Waals surface area (Å²) in [7, 11) is 0. The monoisotopic (exact) mass is 405 g/mol. The number of carbonyl (C=O) groups excluding carboxylic acids is 1. The lowest BCUT2D eigenvalue weighted by Gasteiger charge is -2.61. The molecule has 0 aliphatic heterocycles. The summed E-state index contributed by atoms with van der Waals surface area (Å²) in [5.41, 5.74) is -0.668. The number of fused-ring (bicyclic) bond motifs is 1. The smallest absolute Gasteiger partial charge is 0.275 e. The maximum absolute atomic E-state index is 13.0. The van der Waals surface area contributed by atoms with Gasteiger partial charge in [-0.25, -0.2) is 4.68 Å². The van der Waals surface area contributed by atoms with Crippen molar-refractivity contribution in [3.63, 3.8) is 0 Å². The Labute approximate surface area is 172 Å². The molecule has 9 heteroatoms. The first-order chi connectivity index (χ1) is 14.5. The molecule has 154 valence electrons. The average Bonchev–Trinajstić information content (AvgIpc) is 3.25. The van der Waals surface area contributed by atoms with Crippen LogP contribution in [-0.2, 0) is 16.9 Å². The van der Waals surface area contributed by atoms with Gasteiger partial charge in [-0.3, -0.25) is 9.59 Å². The third kappa shape index (κ3) is 2.68. The lowest BCUT2D eigenvalue weighted by Crippen LogP contribution is -2.66. The molecule has 2 atom stereocenters. The number of nitrogens with one attached hydrogen (secondary N) is 1. The van der Waals surface area contributed by atoms with Gasteiger partial charge in [0, 0.05) is 10.9 Å². The SMILES string of the molecule is O=C(Cn1ncc2ccccc2c1=O)NC12CC3CC(C1)CC(n1ncnn1)(C3)C2. The van der Waals surface area contributed by atoms with Crippen LogP contribution < -0.4 is 10.9 Å². The number of rotatable bonds is 4. The summed E-state index contributed by atoms with van der Waals surface area (Å²) in [4.78, 5) is 27.5. The predicted octanol–water partition coefficient (Wildman–Crippen LogP) is 1.25. The Bertz CT molecular complexity index is 1170. The number of benzene rings is 1. The van der Waals surface area contributed by atoms with Gasteiger partial charge in [0.1, 0.15) is 6.54 Å². The summed E-state index contributed by atoms with van der Waals surface area (Å²) in [6.45, 7) is -0.0741. The van der Waals surface area contributed by atoms with Gasteiger partial charge in [-0.1, -0.05) is 18.2 Å². The molecule has 2 aromatic heterocycles. The normalized spacial score (nSPS) is 31.9. The first-order valence-electron chi connectivity index (χ1n) is 10.5. The van der Waals surface area contributed by atoms with Crippen LogP contribution in [0.2, 0.25) is 0 Å². The van der Waals surface area contributed by atoms with Crippen molar-refractivity contribution in [1.82, 2.24) is 35.3 Å². The maximum Gasteiger partial charge on any atom is 0.275 e. The molecule has 1 N–H and O–H groups in total. The van der Waals surface area contributed by atoms with Gasteiger partial charge in [0.15, 0.2) is 6.33 Å². The highest BCUT2D eigenvalue weighted by Crippen LogP contribution is 2.60. The third-order valence-corrected chi connectivity index (χ3v) is 7.26. The van der Waals surface area contributed by atoms with Gasteiger partial charge in [0.2, 0.25) is 5.91 Å². The third-order valence-electron chi connectivity index (χ3n) is 7.26. The molecule has 2 unspecified atom stereocenters. The van der Waals surface area contributed by atoms with E-state index in [0.29, 0.717) is 17.2 Å². The molecule has 0 radical (unpaired) electrons. The van der Waals surface area contributed by atoms with Crippen LogP contribution in [0.3, 0.4) is 0 Å². The number of aromatic nitrogens is 6. The zero-order chi connectivity index (χ0) is 20.3. The summed E-state index contributed by atoms with van der Waals surface area (Å²) in [5, 5.41) is 21.4. The fourth-order valence-electron chi connectivity index (χ4n) is 6.69. The fourth-order valence-corrected chi connectivity index (χ4v) is 6.69. The van der Waals surface area contributed by atoms with Crippen molar-refractivity contribution < 1.29 is 4.79 Å². The van der Waals surface area contributed by atoms with Gasteiger partial charge >= 0.3 is 0 Å². The number of hydrogen-bond acceptors (Lipinski definition) is 6. The number of carbonyl (C=O) groups is 1. The van der Waals surface area contributed by atoms with Gasteiger partial charge in [-0.15, -0.1) is 10.2 Å². The van der Waals surface area contributed by atoms with Crippen LogP contribution in [-0.4, -0.2) is 41.4 Å². The maximum atomic E-state index is 13.0. The Kier molecular flexibility index (Phi) is 3.66. The molecule has 4 saturated carbocycles. The second-order valence-electron chi connectivity index (χ2n) is 9.43. The van der Waals surface area contributed by atoms with Gasteiger partial charge < -0.3 is 5.32 Å². The molecule has 4 bridgehead atoms. The van der Waals surface area contributed by atoms with Crippen molar-refractivity contribution in [2.24, 2.45) is 11.8 Å².